The lowest BCUT2D eigenvalue weighted by atomic mass is 9.95. The molecular weight excluding hydrogens is 270 g/mol. The molecule has 20 heavy (non-hydrogen) atoms. The first-order valence-electron chi connectivity index (χ1n) is 7.89. The molecule has 2 fully saturated rings. The summed E-state index contributed by atoms with van der Waals surface area (Å²) in [5, 5.41) is 3.61. The molecule has 4 nitrogen and oxygen atoms in total. The van der Waals surface area contributed by atoms with Gasteiger partial charge in [0.1, 0.15) is 0 Å². The summed E-state index contributed by atoms with van der Waals surface area (Å²) in [4.78, 5) is 4.67. The molecule has 2 aliphatic rings. The summed E-state index contributed by atoms with van der Waals surface area (Å²) in [5.41, 5.74) is 1.09. The maximum absolute atomic E-state index is 11.4. The second kappa shape index (κ2) is 6.29. The monoisotopic (exact) mass is 295 g/mol. The Morgan fingerprint density at radius 2 is 1.90 bits per heavy atom. The first kappa shape index (κ1) is 14.1. The molecule has 1 N–H and O–H groups in total. The molecule has 1 aliphatic carbocycles. The molecule has 0 amide bonds. The molecule has 0 bridgehead atoms. The standard InChI is InChI=1S/C15H25N3OS/c1-12-11-18(14-5-3-2-4-6-14)15(16-12)17-13-7-9-20(19)10-8-13/h11,13-14H,2-10H2,1H3,(H,16,17). The number of hydrogen-bond acceptors (Lipinski definition) is 3. The van der Waals surface area contributed by atoms with Crippen molar-refractivity contribution in [2.24, 2.45) is 0 Å². The summed E-state index contributed by atoms with van der Waals surface area (Å²) in [7, 11) is -0.591. The molecule has 1 saturated heterocycles. The van der Waals surface area contributed by atoms with Crippen molar-refractivity contribution >= 4 is 16.7 Å². The summed E-state index contributed by atoms with van der Waals surface area (Å²) in [5.74, 6) is 2.70. The van der Waals surface area contributed by atoms with E-state index in [2.05, 4.69) is 28.0 Å². The van der Waals surface area contributed by atoms with Gasteiger partial charge in [-0.2, -0.15) is 0 Å². The molecular formula is C15H25N3OS. The molecule has 0 radical (unpaired) electrons. The van der Waals surface area contributed by atoms with Crippen LogP contribution < -0.4 is 5.32 Å². The highest BCUT2D eigenvalue weighted by molar-refractivity contribution is 7.85. The van der Waals surface area contributed by atoms with Crippen LogP contribution in [0.25, 0.3) is 0 Å². The van der Waals surface area contributed by atoms with Gasteiger partial charge in [0.15, 0.2) is 0 Å². The topological polar surface area (TPSA) is 46.9 Å². The van der Waals surface area contributed by atoms with Crippen molar-refractivity contribution in [1.82, 2.24) is 9.55 Å². The van der Waals surface area contributed by atoms with Crippen LogP contribution in [0.1, 0.15) is 56.7 Å². The second-order valence-electron chi connectivity index (χ2n) is 6.17. The fraction of sp³-hybridized carbons (Fsp3) is 0.800. The predicted molar refractivity (Wildman–Crippen MR) is 83.6 cm³/mol. The lowest BCUT2D eigenvalue weighted by Crippen LogP contribution is -2.31. The Labute approximate surface area is 123 Å². The van der Waals surface area contributed by atoms with Gasteiger partial charge in [-0.1, -0.05) is 19.3 Å². The molecule has 0 atom stereocenters. The first-order chi connectivity index (χ1) is 9.72. The van der Waals surface area contributed by atoms with Crippen molar-refractivity contribution in [1.29, 1.82) is 0 Å². The number of aryl methyl sites for hydroxylation is 1. The highest BCUT2D eigenvalue weighted by atomic mass is 32.2. The number of imidazole rings is 1. The van der Waals surface area contributed by atoms with E-state index in [1.54, 1.807) is 0 Å². The van der Waals surface area contributed by atoms with E-state index < -0.39 is 10.8 Å². The summed E-state index contributed by atoms with van der Waals surface area (Å²) < 4.78 is 13.8. The van der Waals surface area contributed by atoms with Crippen LogP contribution >= 0.6 is 0 Å². The van der Waals surface area contributed by atoms with Crippen LogP contribution in [0.15, 0.2) is 6.20 Å². The van der Waals surface area contributed by atoms with Crippen molar-refractivity contribution in [3.05, 3.63) is 11.9 Å². The predicted octanol–water partition coefficient (Wildman–Crippen LogP) is 3.02. The van der Waals surface area contributed by atoms with Gasteiger partial charge in [-0.15, -0.1) is 0 Å². The Bertz CT molecular complexity index is 469. The average Bonchev–Trinajstić information content (AvgIpc) is 2.83. The highest BCUT2D eigenvalue weighted by Gasteiger charge is 2.22. The van der Waals surface area contributed by atoms with Crippen LogP contribution in [0.5, 0.6) is 0 Å². The van der Waals surface area contributed by atoms with Crippen molar-refractivity contribution in [2.75, 3.05) is 16.8 Å². The minimum atomic E-state index is -0.591. The van der Waals surface area contributed by atoms with Gasteiger partial charge in [0, 0.05) is 40.6 Å². The minimum absolute atomic E-state index is 0.442. The van der Waals surface area contributed by atoms with Crippen molar-refractivity contribution in [3.8, 4) is 0 Å². The zero-order valence-corrected chi connectivity index (χ0v) is 13.1. The van der Waals surface area contributed by atoms with Crippen LogP contribution in [-0.4, -0.2) is 31.3 Å². The Morgan fingerprint density at radius 1 is 1.20 bits per heavy atom. The summed E-state index contributed by atoms with van der Waals surface area (Å²) >= 11 is 0. The van der Waals surface area contributed by atoms with E-state index >= 15 is 0 Å². The van der Waals surface area contributed by atoms with E-state index in [0.717, 1.165) is 36.0 Å². The minimum Gasteiger partial charge on any atom is -0.353 e. The molecule has 1 aromatic rings. The number of nitrogens with zero attached hydrogens (tertiary/aromatic N) is 2. The first-order valence-corrected chi connectivity index (χ1v) is 9.38. The molecule has 112 valence electrons. The zero-order chi connectivity index (χ0) is 13.9. The third-order valence-corrected chi connectivity index (χ3v) is 5.92. The van der Waals surface area contributed by atoms with Gasteiger partial charge in [0.25, 0.3) is 0 Å². The highest BCUT2D eigenvalue weighted by Crippen LogP contribution is 2.31. The quantitative estimate of drug-likeness (QED) is 0.932. The average molecular weight is 295 g/mol. The van der Waals surface area contributed by atoms with E-state index in [1.165, 1.54) is 32.1 Å². The summed E-state index contributed by atoms with van der Waals surface area (Å²) in [6.45, 7) is 2.07. The fourth-order valence-corrected chi connectivity index (χ4v) is 4.68. The maximum Gasteiger partial charge on any atom is 0.203 e. The van der Waals surface area contributed by atoms with Gasteiger partial charge in [0.2, 0.25) is 5.95 Å². The second-order valence-corrected chi connectivity index (χ2v) is 7.87. The van der Waals surface area contributed by atoms with Crippen LogP contribution in [-0.2, 0) is 10.8 Å². The van der Waals surface area contributed by atoms with Crippen LogP contribution in [0.3, 0.4) is 0 Å². The molecule has 0 aromatic carbocycles. The van der Waals surface area contributed by atoms with Gasteiger partial charge < -0.3 is 9.88 Å². The SMILES string of the molecule is Cc1cn(C2CCCCC2)c(NC2CCS(=O)CC2)n1. The molecule has 3 rings (SSSR count). The van der Waals surface area contributed by atoms with Crippen LogP contribution in [0.2, 0.25) is 0 Å². The van der Waals surface area contributed by atoms with E-state index in [0.29, 0.717) is 12.1 Å². The maximum atomic E-state index is 11.4. The van der Waals surface area contributed by atoms with E-state index in [4.69, 9.17) is 0 Å². The Balaban J connectivity index is 1.70. The molecule has 2 heterocycles. The Morgan fingerprint density at radius 3 is 2.60 bits per heavy atom. The normalized spacial score (nSPS) is 28.4. The number of hydrogen-bond donors (Lipinski definition) is 1. The third-order valence-electron chi connectivity index (χ3n) is 4.54. The zero-order valence-electron chi connectivity index (χ0n) is 12.3. The Hall–Kier alpha value is -0.840. The molecule has 5 heteroatoms. The largest absolute Gasteiger partial charge is 0.353 e. The van der Waals surface area contributed by atoms with Gasteiger partial charge in [-0.25, -0.2) is 4.98 Å². The summed E-state index contributed by atoms with van der Waals surface area (Å²) in [6, 6.07) is 1.06. The van der Waals surface area contributed by atoms with Gasteiger partial charge in [-0.05, 0) is 32.6 Å². The molecule has 1 aromatic heterocycles. The van der Waals surface area contributed by atoms with Crippen molar-refractivity contribution in [2.45, 2.75) is 64.0 Å². The van der Waals surface area contributed by atoms with Crippen LogP contribution in [0.4, 0.5) is 5.95 Å². The lowest BCUT2D eigenvalue weighted by Gasteiger charge is -2.27. The molecule has 0 unspecified atom stereocenters. The van der Waals surface area contributed by atoms with E-state index in [9.17, 15) is 4.21 Å². The van der Waals surface area contributed by atoms with E-state index in [-0.39, 0.29) is 0 Å². The number of rotatable bonds is 3. The lowest BCUT2D eigenvalue weighted by molar-refractivity contribution is 0.355. The molecule has 1 saturated carbocycles. The van der Waals surface area contributed by atoms with E-state index in [1.807, 2.05) is 0 Å². The summed E-state index contributed by atoms with van der Waals surface area (Å²) in [6.07, 6.45) is 10.8. The number of anilines is 1. The van der Waals surface area contributed by atoms with Crippen molar-refractivity contribution < 1.29 is 4.21 Å². The number of nitrogens with one attached hydrogen (secondary N) is 1. The fourth-order valence-electron chi connectivity index (χ4n) is 3.38. The third kappa shape index (κ3) is 3.25. The smallest absolute Gasteiger partial charge is 0.203 e. The van der Waals surface area contributed by atoms with Gasteiger partial charge >= 0.3 is 0 Å². The van der Waals surface area contributed by atoms with Crippen LogP contribution in [0, 0.1) is 6.92 Å². The molecule has 0 spiro atoms. The van der Waals surface area contributed by atoms with Crippen molar-refractivity contribution in [3.63, 3.8) is 0 Å². The van der Waals surface area contributed by atoms with Gasteiger partial charge in [-0.3, -0.25) is 4.21 Å². The number of aromatic nitrogens is 2. The Kier molecular flexibility index (Phi) is 4.44. The molecule has 1 aliphatic heterocycles. The van der Waals surface area contributed by atoms with Gasteiger partial charge in [0.05, 0.1) is 5.69 Å².